The molecule has 0 heterocycles. The van der Waals surface area contributed by atoms with E-state index >= 15 is 0 Å². The van der Waals surface area contributed by atoms with E-state index in [1.807, 2.05) is 39.0 Å². The van der Waals surface area contributed by atoms with Crippen molar-refractivity contribution < 1.29 is 9.53 Å². The van der Waals surface area contributed by atoms with Crippen molar-refractivity contribution in [3.8, 4) is 5.75 Å². The molecule has 2 rings (SSSR count). The van der Waals surface area contributed by atoms with Crippen molar-refractivity contribution in [1.29, 1.82) is 0 Å². The fourth-order valence-electron chi connectivity index (χ4n) is 2.50. The molecule has 118 valence electrons. The van der Waals surface area contributed by atoms with Crippen LogP contribution in [0.15, 0.2) is 18.2 Å². The molecule has 1 saturated carbocycles. The van der Waals surface area contributed by atoms with E-state index < -0.39 is 0 Å². The Hall–Kier alpha value is -1.26. The van der Waals surface area contributed by atoms with Crippen molar-refractivity contribution in [3.05, 3.63) is 29.3 Å². The predicted molar refractivity (Wildman–Crippen MR) is 87.0 cm³/mol. The van der Waals surface area contributed by atoms with Gasteiger partial charge in [0.2, 0.25) is 0 Å². The number of carbonyl (C=O) groups is 1. The van der Waals surface area contributed by atoms with Gasteiger partial charge in [-0.2, -0.15) is 0 Å². The molecule has 0 aromatic heterocycles. The van der Waals surface area contributed by atoms with Crippen LogP contribution in [0.3, 0.4) is 0 Å². The van der Waals surface area contributed by atoms with E-state index in [-0.39, 0.29) is 30.5 Å². The van der Waals surface area contributed by atoms with Crippen LogP contribution in [0.25, 0.3) is 0 Å². The highest BCUT2D eigenvalue weighted by Gasteiger charge is 2.41. The van der Waals surface area contributed by atoms with Crippen molar-refractivity contribution in [2.75, 3.05) is 13.2 Å². The Morgan fingerprint density at radius 3 is 2.62 bits per heavy atom. The molecule has 0 spiro atoms. The average molecular weight is 313 g/mol. The van der Waals surface area contributed by atoms with E-state index in [0.29, 0.717) is 12.5 Å². The summed E-state index contributed by atoms with van der Waals surface area (Å²) >= 11 is 0. The first-order valence-electron chi connectivity index (χ1n) is 7.16. The first-order chi connectivity index (χ1) is 9.44. The number of nitrogens with two attached hydrogens (primary N) is 1. The summed E-state index contributed by atoms with van der Waals surface area (Å²) in [5.41, 5.74) is 7.73. The molecule has 5 heteroatoms. The summed E-state index contributed by atoms with van der Waals surface area (Å²) < 4.78 is 5.59. The smallest absolute Gasteiger partial charge is 0.258 e. The second-order valence-corrected chi connectivity index (χ2v) is 6.00. The average Bonchev–Trinajstić information content (AvgIpc) is 3.22. The van der Waals surface area contributed by atoms with Gasteiger partial charge in [-0.15, -0.1) is 12.4 Å². The zero-order valence-electron chi connectivity index (χ0n) is 12.9. The Morgan fingerprint density at radius 1 is 1.43 bits per heavy atom. The molecule has 0 radical (unpaired) electrons. The molecule has 1 aromatic carbocycles. The number of ether oxygens (including phenoxy) is 1. The summed E-state index contributed by atoms with van der Waals surface area (Å²) in [6.07, 6.45) is 2.29. The third-order valence-corrected chi connectivity index (χ3v) is 4.02. The summed E-state index contributed by atoms with van der Waals surface area (Å²) in [5.74, 6) is 1.16. The second-order valence-electron chi connectivity index (χ2n) is 6.00. The Labute approximate surface area is 132 Å². The van der Waals surface area contributed by atoms with Crippen LogP contribution in [0.4, 0.5) is 0 Å². The van der Waals surface area contributed by atoms with Crippen LogP contribution < -0.4 is 15.8 Å². The topological polar surface area (TPSA) is 64.3 Å². The first kappa shape index (κ1) is 17.8. The Bertz CT molecular complexity index is 503. The van der Waals surface area contributed by atoms with Crippen LogP contribution in [0.2, 0.25) is 0 Å². The second kappa shape index (κ2) is 7.14. The predicted octanol–water partition coefficient (Wildman–Crippen LogP) is 2.35. The van der Waals surface area contributed by atoms with E-state index in [9.17, 15) is 4.79 Å². The number of aryl methyl sites for hydroxylation is 2. The molecule has 1 aliphatic carbocycles. The maximum absolute atomic E-state index is 12.0. The molecular formula is C16H25ClN2O2. The summed E-state index contributed by atoms with van der Waals surface area (Å²) in [6, 6.07) is 5.93. The summed E-state index contributed by atoms with van der Waals surface area (Å²) in [7, 11) is 0. The van der Waals surface area contributed by atoms with E-state index in [1.165, 1.54) is 5.56 Å². The number of nitrogens with one attached hydrogen (secondary N) is 1. The molecule has 0 bridgehead atoms. The third kappa shape index (κ3) is 4.61. The van der Waals surface area contributed by atoms with Crippen molar-refractivity contribution in [2.24, 2.45) is 11.7 Å². The minimum atomic E-state index is -0.289. The number of carbonyl (C=O) groups excluding carboxylic acids is 1. The van der Waals surface area contributed by atoms with Gasteiger partial charge >= 0.3 is 0 Å². The molecule has 1 aliphatic rings. The van der Waals surface area contributed by atoms with E-state index in [2.05, 4.69) is 5.32 Å². The zero-order valence-corrected chi connectivity index (χ0v) is 13.8. The Morgan fingerprint density at radius 2 is 2.10 bits per heavy atom. The van der Waals surface area contributed by atoms with Crippen LogP contribution in [-0.4, -0.2) is 24.6 Å². The molecule has 1 atom stereocenters. The maximum Gasteiger partial charge on any atom is 0.258 e. The van der Waals surface area contributed by atoms with Gasteiger partial charge in [0.1, 0.15) is 5.75 Å². The lowest BCUT2D eigenvalue weighted by atomic mass is 9.96. The number of hydrogen-bond acceptors (Lipinski definition) is 3. The third-order valence-electron chi connectivity index (χ3n) is 4.02. The van der Waals surface area contributed by atoms with Gasteiger partial charge in [0.25, 0.3) is 5.91 Å². The fraction of sp³-hybridized carbons (Fsp3) is 0.562. The largest absolute Gasteiger partial charge is 0.484 e. The van der Waals surface area contributed by atoms with Crippen LogP contribution in [-0.2, 0) is 4.79 Å². The van der Waals surface area contributed by atoms with E-state index in [4.69, 9.17) is 10.5 Å². The van der Waals surface area contributed by atoms with Gasteiger partial charge in [0.15, 0.2) is 6.61 Å². The lowest BCUT2D eigenvalue weighted by molar-refractivity contribution is -0.125. The molecule has 1 aromatic rings. The Kier molecular flexibility index (Phi) is 6.05. The van der Waals surface area contributed by atoms with Crippen LogP contribution >= 0.6 is 12.4 Å². The van der Waals surface area contributed by atoms with Crippen molar-refractivity contribution in [3.63, 3.8) is 0 Å². The van der Waals surface area contributed by atoms with Gasteiger partial charge in [-0.1, -0.05) is 17.7 Å². The van der Waals surface area contributed by atoms with Gasteiger partial charge in [0.05, 0.1) is 5.54 Å². The molecule has 0 saturated heterocycles. The molecule has 1 amide bonds. The van der Waals surface area contributed by atoms with Crippen LogP contribution in [0, 0.1) is 19.8 Å². The highest BCUT2D eigenvalue weighted by Crippen LogP contribution is 2.38. The van der Waals surface area contributed by atoms with Gasteiger partial charge in [-0.05, 0) is 51.2 Å². The minimum absolute atomic E-state index is 0. The molecule has 0 aliphatic heterocycles. The molecular weight excluding hydrogens is 288 g/mol. The number of halogens is 1. The zero-order chi connectivity index (χ0) is 14.8. The van der Waals surface area contributed by atoms with E-state index in [1.54, 1.807) is 0 Å². The van der Waals surface area contributed by atoms with Crippen molar-refractivity contribution in [2.45, 2.75) is 39.2 Å². The highest BCUT2D eigenvalue weighted by atomic mass is 35.5. The maximum atomic E-state index is 12.0. The SMILES string of the molecule is Cc1ccc(OCC(=O)NC(C)(CN)C2CC2)c(C)c1.Cl. The standard InChI is InChI=1S/C16H24N2O2.ClH/c1-11-4-7-14(12(2)8-11)20-9-15(19)18-16(3,10-17)13-5-6-13;/h4,7-8,13H,5-6,9-10,17H2,1-3H3,(H,18,19);1H. The number of benzene rings is 1. The van der Waals surface area contributed by atoms with Gasteiger partial charge in [0, 0.05) is 6.54 Å². The molecule has 1 unspecified atom stereocenters. The van der Waals surface area contributed by atoms with Crippen LogP contribution in [0.5, 0.6) is 5.75 Å². The number of hydrogen-bond donors (Lipinski definition) is 2. The number of amides is 1. The van der Waals surface area contributed by atoms with Gasteiger partial charge < -0.3 is 15.8 Å². The highest BCUT2D eigenvalue weighted by molar-refractivity contribution is 5.85. The Balaban J connectivity index is 0.00000220. The van der Waals surface area contributed by atoms with E-state index in [0.717, 1.165) is 24.2 Å². The van der Waals surface area contributed by atoms with Crippen molar-refractivity contribution >= 4 is 18.3 Å². The summed E-state index contributed by atoms with van der Waals surface area (Å²) in [6.45, 7) is 6.53. The quantitative estimate of drug-likeness (QED) is 0.847. The molecule has 1 fully saturated rings. The number of rotatable bonds is 6. The van der Waals surface area contributed by atoms with Gasteiger partial charge in [-0.25, -0.2) is 0 Å². The molecule has 3 N–H and O–H groups in total. The monoisotopic (exact) mass is 312 g/mol. The summed E-state index contributed by atoms with van der Waals surface area (Å²) in [4.78, 5) is 12.0. The van der Waals surface area contributed by atoms with Gasteiger partial charge in [-0.3, -0.25) is 4.79 Å². The normalized spacial score (nSPS) is 16.6. The minimum Gasteiger partial charge on any atom is -0.484 e. The fourth-order valence-corrected chi connectivity index (χ4v) is 2.50. The summed E-state index contributed by atoms with van der Waals surface area (Å²) in [5, 5.41) is 3.02. The van der Waals surface area contributed by atoms with Crippen LogP contribution in [0.1, 0.15) is 30.9 Å². The molecule has 4 nitrogen and oxygen atoms in total. The molecule has 21 heavy (non-hydrogen) atoms. The van der Waals surface area contributed by atoms with Crippen molar-refractivity contribution in [1.82, 2.24) is 5.32 Å². The first-order valence-corrected chi connectivity index (χ1v) is 7.16. The lowest BCUT2D eigenvalue weighted by Gasteiger charge is -2.29. The lowest BCUT2D eigenvalue weighted by Crippen LogP contribution is -2.54.